The zero-order valence-corrected chi connectivity index (χ0v) is 12.1. The summed E-state index contributed by atoms with van der Waals surface area (Å²) in [5.41, 5.74) is 1.93. The second-order valence-corrected chi connectivity index (χ2v) is 6.00. The van der Waals surface area contributed by atoms with Crippen molar-refractivity contribution in [2.75, 3.05) is 11.4 Å². The maximum atomic E-state index is 12.4. The number of anilines is 1. The van der Waals surface area contributed by atoms with Gasteiger partial charge in [0, 0.05) is 25.0 Å². The van der Waals surface area contributed by atoms with Crippen molar-refractivity contribution >= 4 is 17.2 Å². The molecular weight excluding hydrogens is 266 g/mol. The molecule has 3 heterocycles. The van der Waals surface area contributed by atoms with Crippen molar-refractivity contribution in [3.05, 3.63) is 24.2 Å². The van der Waals surface area contributed by atoms with Crippen LogP contribution in [-0.2, 0) is 4.79 Å². The second-order valence-electron chi connectivity index (χ2n) is 6.00. The SMILES string of the molecule is Cc1cc2c(N3CCCC3C(=O)NC3CC3)nccn2n1. The quantitative estimate of drug-likeness (QED) is 0.923. The zero-order chi connectivity index (χ0) is 14.4. The number of hydrogen-bond acceptors (Lipinski definition) is 4. The molecule has 1 saturated heterocycles. The molecule has 1 saturated carbocycles. The van der Waals surface area contributed by atoms with Gasteiger partial charge in [-0.15, -0.1) is 0 Å². The van der Waals surface area contributed by atoms with Crippen LogP contribution in [-0.4, -0.2) is 39.1 Å². The van der Waals surface area contributed by atoms with E-state index >= 15 is 0 Å². The molecule has 0 spiro atoms. The highest BCUT2D eigenvalue weighted by atomic mass is 16.2. The lowest BCUT2D eigenvalue weighted by atomic mass is 10.2. The molecule has 1 atom stereocenters. The molecular formula is C15H19N5O. The summed E-state index contributed by atoms with van der Waals surface area (Å²) in [5, 5.41) is 7.54. The van der Waals surface area contributed by atoms with Gasteiger partial charge in [-0.1, -0.05) is 0 Å². The van der Waals surface area contributed by atoms with Gasteiger partial charge >= 0.3 is 0 Å². The third-order valence-electron chi connectivity index (χ3n) is 4.24. The summed E-state index contributed by atoms with van der Waals surface area (Å²) in [7, 11) is 0. The number of nitrogens with one attached hydrogen (secondary N) is 1. The van der Waals surface area contributed by atoms with Crippen molar-refractivity contribution in [2.24, 2.45) is 0 Å². The van der Waals surface area contributed by atoms with Gasteiger partial charge in [0.05, 0.1) is 5.69 Å². The minimum atomic E-state index is -0.0977. The first-order chi connectivity index (χ1) is 10.2. The van der Waals surface area contributed by atoms with Crippen molar-refractivity contribution < 1.29 is 4.79 Å². The highest BCUT2D eigenvalue weighted by Crippen LogP contribution is 2.28. The summed E-state index contributed by atoms with van der Waals surface area (Å²) >= 11 is 0. The normalized spacial score (nSPS) is 22.0. The molecule has 1 N–H and O–H groups in total. The molecule has 6 nitrogen and oxygen atoms in total. The molecule has 1 amide bonds. The fourth-order valence-electron chi connectivity index (χ4n) is 3.07. The fraction of sp³-hybridized carbons (Fsp3) is 0.533. The van der Waals surface area contributed by atoms with Gasteiger partial charge in [-0.2, -0.15) is 5.10 Å². The Kier molecular flexibility index (Phi) is 2.83. The van der Waals surface area contributed by atoms with Crippen LogP contribution in [0, 0.1) is 6.92 Å². The average Bonchev–Trinajstić information content (AvgIpc) is 3.01. The summed E-state index contributed by atoms with van der Waals surface area (Å²) in [4.78, 5) is 19.1. The number of nitrogens with zero attached hydrogens (tertiary/aromatic N) is 4. The Labute approximate surface area is 123 Å². The highest BCUT2D eigenvalue weighted by molar-refractivity contribution is 5.87. The minimum Gasteiger partial charge on any atom is -0.352 e. The van der Waals surface area contributed by atoms with Crippen LogP contribution in [0.15, 0.2) is 18.5 Å². The first-order valence-corrected chi connectivity index (χ1v) is 7.60. The van der Waals surface area contributed by atoms with Gasteiger partial charge in [0.2, 0.25) is 5.91 Å². The van der Waals surface area contributed by atoms with Crippen LogP contribution < -0.4 is 10.2 Å². The predicted octanol–water partition coefficient (Wildman–Crippen LogP) is 1.29. The zero-order valence-electron chi connectivity index (χ0n) is 12.1. The largest absolute Gasteiger partial charge is 0.352 e. The number of carbonyl (C=O) groups excluding carboxylic acids is 1. The second kappa shape index (κ2) is 4.72. The Morgan fingerprint density at radius 3 is 3.05 bits per heavy atom. The summed E-state index contributed by atoms with van der Waals surface area (Å²) in [6, 6.07) is 2.33. The molecule has 4 rings (SSSR count). The summed E-state index contributed by atoms with van der Waals surface area (Å²) in [6.45, 7) is 2.84. The molecule has 0 radical (unpaired) electrons. The van der Waals surface area contributed by atoms with Gasteiger partial charge in [-0.05, 0) is 38.7 Å². The van der Waals surface area contributed by atoms with Crippen molar-refractivity contribution in [1.29, 1.82) is 0 Å². The van der Waals surface area contributed by atoms with E-state index in [1.54, 1.807) is 6.20 Å². The van der Waals surface area contributed by atoms with E-state index in [1.807, 2.05) is 23.7 Å². The molecule has 21 heavy (non-hydrogen) atoms. The monoisotopic (exact) mass is 285 g/mol. The Bertz CT molecular complexity index is 690. The average molecular weight is 285 g/mol. The smallest absolute Gasteiger partial charge is 0.242 e. The van der Waals surface area contributed by atoms with Crippen LogP contribution in [0.3, 0.4) is 0 Å². The lowest BCUT2D eigenvalue weighted by Gasteiger charge is -2.25. The van der Waals surface area contributed by atoms with Crippen molar-refractivity contribution in [2.45, 2.75) is 44.7 Å². The lowest BCUT2D eigenvalue weighted by molar-refractivity contribution is -0.122. The summed E-state index contributed by atoms with van der Waals surface area (Å²) in [5.74, 6) is 1.02. The maximum Gasteiger partial charge on any atom is 0.242 e. The van der Waals surface area contributed by atoms with Gasteiger partial charge in [-0.25, -0.2) is 9.50 Å². The number of aryl methyl sites for hydroxylation is 1. The van der Waals surface area contributed by atoms with Gasteiger partial charge in [0.25, 0.3) is 0 Å². The van der Waals surface area contributed by atoms with Gasteiger partial charge in [-0.3, -0.25) is 4.79 Å². The van der Waals surface area contributed by atoms with E-state index in [0.29, 0.717) is 6.04 Å². The molecule has 1 aliphatic carbocycles. The molecule has 2 aliphatic rings. The topological polar surface area (TPSA) is 62.5 Å². The fourth-order valence-corrected chi connectivity index (χ4v) is 3.07. The van der Waals surface area contributed by atoms with Crippen molar-refractivity contribution in [1.82, 2.24) is 19.9 Å². The predicted molar refractivity (Wildman–Crippen MR) is 79.3 cm³/mol. The van der Waals surface area contributed by atoms with Crippen LogP contribution in [0.1, 0.15) is 31.4 Å². The number of carbonyl (C=O) groups is 1. The first-order valence-electron chi connectivity index (χ1n) is 7.60. The lowest BCUT2D eigenvalue weighted by Crippen LogP contribution is -2.44. The van der Waals surface area contributed by atoms with Crippen LogP contribution in [0.4, 0.5) is 5.82 Å². The molecule has 0 aromatic carbocycles. The molecule has 0 bridgehead atoms. The number of hydrogen-bond donors (Lipinski definition) is 1. The number of rotatable bonds is 3. The van der Waals surface area contributed by atoms with Crippen molar-refractivity contribution in [3.8, 4) is 0 Å². The Balaban J connectivity index is 1.67. The molecule has 6 heteroatoms. The van der Waals surface area contributed by atoms with Gasteiger partial charge < -0.3 is 10.2 Å². The van der Waals surface area contributed by atoms with Crippen LogP contribution >= 0.6 is 0 Å². The summed E-state index contributed by atoms with van der Waals surface area (Å²) < 4.78 is 1.84. The van der Waals surface area contributed by atoms with E-state index in [0.717, 1.165) is 49.3 Å². The first kappa shape index (κ1) is 12.6. The van der Waals surface area contributed by atoms with Crippen LogP contribution in [0.2, 0.25) is 0 Å². The molecule has 2 fully saturated rings. The molecule has 1 unspecified atom stereocenters. The number of fused-ring (bicyclic) bond motifs is 1. The van der Waals surface area contributed by atoms with E-state index in [4.69, 9.17) is 0 Å². The van der Waals surface area contributed by atoms with E-state index in [-0.39, 0.29) is 11.9 Å². The van der Waals surface area contributed by atoms with Crippen LogP contribution in [0.5, 0.6) is 0 Å². The molecule has 110 valence electrons. The standard InChI is InChI=1S/C15H19N5O/c1-10-9-13-14(16-6-8-20(13)18-10)19-7-2-3-12(19)15(21)17-11-4-5-11/h6,8-9,11-12H,2-5,7H2,1H3,(H,17,21). The summed E-state index contributed by atoms with van der Waals surface area (Å²) in [6.07, 6.45) is 7.76. The van der Waals surface area contributed by atoms with E-state index in [2.05, 4.69) is 20.3 Å². The van der Waals surface area contributed by atoms with Crippen molar-refractivity contribution in [3.63, 3.8) is 0 Å². The Morgan fingerprint density at radius 1 is 1.38 bits per heavy atom. The van der Waals surface area contributed by atoms with E-state index < -0.39 is 0 Å². The number of amides is 1. The highest BCUT2D eigenvalue weighted by Gasteiger charge is 2.35. The Morgan fingerprint density at radius 2 is 2.24 bits per heavy atom. The van der Waals surface area contributed by atoms with Crippen LogP contribution in [0.25, 0.3) is 5.52 Å². The minimum absolute atomic E-state index is 0.0977. The maximum absolute atomic E-state index is 12.4. The third kappa shape index (κ3) is 2.24. The molecule has 2 aromatic rings. The van der Waals surface area contributed by atoms with E-state index in [1.165, 1.54) is 0 Å². The van der Waals surface area contributed by atoms with Gasteiger partial charge in [0.1, 0.15) is 11.6 Å². The molecule has 2 aromatic heterocycles. The van der Waals surface area contributed by atoms with E-state index in [9.17, 15) is 4.79 Å². The number of aromatic nitrogens is 3. The Hall–Kier alpha value is -2.11. The van der Waals surface area contributed by atoms with Gasteiger partial charge in [0.15, 0.2) is 5.82 Å². The molecule has 1 aliphatic heterocycles. The third-order valence-corrected chi connectivity index (χ3v) is 4.24.